The number of likely N-dealkylation sites (N-methyl/N-ethyl adjacent to an activating group) is 1. The van der Waals surface area contributed by atoms with Crippen molar-refractivity contribution in [3.63, 3.8) is 0 Å². The van der Waals surface area contributed by atoms with E-state index in [9.17, 15) is 4.39 Å². The van der Waals surface area contributed by atoms with Crippen LogP contribution in [0.15, 0.2) is 23.2 Å². The molecule has 0 aromatic heterocycles. The molecular formula is C19H32FIN4S. The maximum atomic E-state index is 13.5. The Morgan fingerprint density at radius 1 is 1.31 bits per heavy atom. The highest BCUT2D eigenvalue weighted by Gasteiger charge is 2.32. The van der Waals surface area contributed by atoms with Crippen molar-refractivity contribution < 1.29 is 4.39 Å². The molecule has 1 aliphatic rings. The van der Waals surface area contributed by atoms with Crippen LogP contribution in [-0.4, -0.2) is 50.3 Å². The van der Waals surface area contributed by atoms with Gasteiger partial charge in [-0.15, -0.1) is 24.0 Å². The Morgan fingerprint density at radius 2 is 2.04 bits per heavy atom. The minimum absolute atomic E-state index is 0. The van der Waals surface area contributed by atoms with Crippen LogP contribution < -0.4 is 10.6 Å². The van der Waals surface area contributed by atoms with E-state index in [0.717, 1.165) is 41.8 Å². The van der Waals surface area contributed by atoms with Crippen molar-refractivity contribution >= 4 is 41.7 Å². The number of nitrogens with one attached hydrogen (secondary N) is 2. The first-order valence-corrected chi connectivity index (χ1v) is 10.4. The molecule has 1 atom stereocenters. The fraction of sp³-hybridized carbons (Fsp3) is 0.632. The van der Waals surface area contributed by atoms with Crippen molar-refractivity contribution in [3.05, 3.63) is 35.1 Å². The van der Waals surface area contributed by atoms with Gasteiger partial charge in [0, 0.05) is 24.9 Å². The molecule has 2 rings (SSSR count). The lowest BCUT2D eigenvalue weighted by atomic mass is 10.1. The van der Waals surface area contributed by atoms with E-state index in [2.05, 4.69) is 36.6 Å². The summed E-state index contributed by atoms with van der Waals surface area (Å²) in [5, 5.41) is 6.78. The van der Waals surface area contributed by atoms with Crippen molar-refractivity contribution in [2.45, 2.75) is 38.1 Å². The molecule has 0 spiro atoms. The van der Waals surface area contributed by atoms with E-state index in [4.69, 9.17) is 4.99 Å². The van der Waals surface area contributed by atoms with Crippen molar-refractivity contribution in [1.29, 1.82) is 0 Å². The molecule has 1 saturated carbocycles. The molecule has 0 heterocycles. The first kappa shape index (κ1) is 23.5. The number of benzene rings is 1. The van der Waals surface area contributed by atoms with Crippen LogP contribution in [0.5, 0.6) is 0 Å². The molecule has 1 aromatic rings. The Kier molecular flexibility index (Phi) is 10.9. The predicted octanol–water partition coefficient (Wildman–Crippen LogP) is 3.70. The van der Waals surface area contributed by atoms with Crippen LogP contribution >= 0.6 is 35.7 Å². The first-order valence-electron chi connectivity index (χ1n) is 9.00. The largest absolute Gasteiger partial charge is 0.357 e. The lowest BCUT2D eigenvalue weighted by Crippen LogP contribution is -2.46. The number of thioether (sulfide) groups is 1. The molecule has 7 heteroatoms. The highest BCUT2D eigenvalue weighted by Crippen LogP contribution is 2.34. The van der Waals surface area contributed by atoms with Gasteiger partial charge >= 0.3 is 0 Å². The maximum absolute atomic E-state index is 13.5. The number of aliphatic imine (C=N–C) groups is 1. The van der Waals surface area contributed by atoms with Gasteiger partial charge in [0.2, 0.25) is 0 Å². The average Bonchev–Trinajstić information content (AvgIpc) is 3.39. The Balaban J connectivity index is 0.00000338. The molecule has 1 aliphatic carbocycles. The predicted molar refractivity (Wildman–Crippen MR) is 122 cm³/mol. The normalized spacial score (nSPS) is 15.5. The van der Waals surface area contributed by atoms with Gasteiger partial charge in [0.1, 0.15) is 5.82 Å². The fourth-order valence-electron chi connectivity index (χ4n) is 3.00. The number of rotatable bonds is 9. The van der Waals surface area contributed by atoms with Gasteiger partial charge in [-0.25, -0.2) is 9.38 Å². The number of guanidine groups is 1. The molecule has 0 aliphatic heterocycles. The molecule has 1 aromatic carbocycles. The van der Waals surface area contributed by atoms with E-state index in [1.54, 1.807) is 17.8 Å². The molecule has 0 bridgehead atoms. The molecule has 2 N–H and O–H groups in total. The first-order chi connectivity index (χ1) is 12.0. The molecule has 4 nitrogen and oxygen atoms in total. The summed E-state index contributed by atoms with van der Waals surface area (Å²) in [5.41, 5.74) is 2.11. The highest BCUT2D eigenvalue weighted by molar-refractivity contribution is 14.0. The zero-order valence-corrected chi connectivity index (χ0v) is 19.4. The minimum Gasteiger partial charge on any atom is -0.357 e. The Hall–Kier alpha value is -0.540. The van der Waals surface area contributed by atoms with Crippen LogP contribution in [0.25, 0.3) is 0 Å². The van der Waals surface area contributed by atoms with E-state index in [0.29, 0.717) is 12.6 Å². The number of hydrogen-bond acceptors (Lipinski definition) is 3. The minimum atomic E-state index is -0.180. The van der Waals surface area contributed by atoms with E-state index < -0.39 is 0 Å². The summed E-state index contributed by atoms with van der Waals surface area (Å²) in [4.78, 5) is 7.01. The second-order valence-electron chi connectivity index (χ2n) is 6.79. The highest BCUT2D eigenvalue weighted by atomic mass is 127. The van der Waals surface area contributed by atoms with Crippen LogP contribution in [0.1, 0.15) is 30.9 Å². The van der Waals surface area contributed by atoms with E-state index in [1.165, 1.54) is 18.9 Å². The van der Waals surface area contributed by atoms with Gasteiger partial charge < -0.3 is 15.5 Å². The zero-order chi connectivity index (χ0) is 18.2. The van der Waals surface area contributed by atoms with Crippen LogP contribution in [0.2, 0.25) is 0 Å². The van der Waals surface area contributed by atoms with Crippen molar-refractivity contribution in [2.24, 2.45) is 10.9 Å². The van der Waals surface area contributed by atoms with E-state index >= 15 is 0 Å². The van der Waals surface area contributed by atoms with Crippen molar-refractivity contribution in [2.75, 3.05) is 33.4 Å². The van der Waals surface area contributed by atoms with E-state index in [1.807, 2.05) is 12.3 Å². The molecule has 0 saturated heterocycles. The lowest BCUT2D eigenvalue weighted by Gasteiger charge is -2.25. The van der Waals surface area contributed by atoms with Gasteiger partial charge in [-0.05, 0) is 69.3 Å². The van der Waals surface area contributed by atoms with E-state index in [-0.39, 0.29) is 29.8 Å². The van der Waals surface area contributed by atoms with Crippen molar-refractivity contribution in [1.82, 2.24) is 15.5 Å². The lowest BCUT2D eigenvalue weighted by molar-refractivity contribution is 0.264. The molecule has 0 amide bonds. The summed E-state index contributed by atoms with van der Waals surface area (Å²) in [6, 6.07) is 5.53. The second kappa shape index (κ2) is 12.0. The van der Waals surface area contributed by atoms with Gasteiger partial charge in [-0.3, -0.25) is 0 Å². The van der Waals surface area contributed by atoms with Gasteiger partial charge in [0.15, 0.2) is 5.96 Å². The SMILES string of the molecule is CCNC(=NCc1ccc(F)cc1CSC)NCC(C1CC1)N(C)C.I. The monoisotopic (exact) mass is 494 g/mol. The Bertz CT molecular complexity index is 577. The van der Waals surface area contributed by atoms with Crippen LogP contribution in [0.3, 0.4) is 0 Å². The maximum Gasteiger partial charge on any atom is 0.191 e. The second-order valence-corrected chi connectivity index (χ2v) is 7.66. The molecule has 0 radical (unpaired) electrons. The van der Waals surface area contributed by atoms with Crippen LogP contribution in [0.4, 0.5) is 4.39 Å². The quantitative estimate of drug-likeness (QED) is 0.312. The number of nitrogens with zero attached hydrogens (tertiary/aromatic N) is 2. The smallest absolute Gasteiger partial charge is 0.191 e. The van der Waals surface area contributed by atoms with Crippen LogP contribution in [0, 0.1) is 11.7 Å². The van der Waals surface area contributed by atoms with Gasteiger partial charge in [0.25, 0.3) is 0 Å². The summed E-state index contributed by atoms with van der Waals surface area (Å²) in [6.45, 7) is 4.34. The molecule has 1 fully saturated rings. The fourth-order valence-corrected chi connectivity index (χ4v) is 3.58. The molecule has 1 unspecified atom stereocenters. The van der Waals surface area contributed by atoms with Crippen LogP contribution in [-0.2, 0) is 12.3 Å². The summed E-state index contributed by atoms with van der Waals surface area (Å²) in [6.07, 6.45) is 4.68. The third-order valence-corrected chi connectivity index (χ3v) is 5.13. The summed E-state index contributed by atoms with van der Waals surface area (Å²) < 4.78 is 13.5. The topological polar surface area (TPSA) is 39.7 Å². The zero-order valence-electron chi connectivity index (χ0n) is 16.2. The van der Waals surface area contributed by atoms with Gasteiger partial charge in [-0.1, -0.05) is 6.07 Å². The average molecular weight is 494 g/mol. The number of hydrogen-bond donors (Lipinski definition) is 2. The molecule has 148 valence electrons. The van der Waals surface area contributed by atoms with Gasteiger partial charge in [-0.2, -0.15) is 11.8 Å². The Labute approximate surface area is 178 Å². The standard InChI is InChI=1S/C19H31FN4S.HI/c1-5-21-19(23-12-18(24(2)3)14-6-7-14)22-11-15-8-9-17(20)10-16(15)13-25-4;/h8-10,14,18H,5-7,11-13H2,1-4H3,(H2,21,22,23);1H. The third kappa shape index (κ3) is 7.60. The summed E-state index contributed by atoms with van der Waals surface area (Å²) in [7, 11) is 4.28. The summed E-state index contributed by atoms with van der Waals surface area (Å²) >= 11 is 1.70. The third-order valence-electron chi connectivity index (χ3n) is 4.53. The molecule has 26 heavy (non-hydrogen) atoms. The Morgan fingerprint density at radius 3 is 2.62 bits per heavy atom. The molecular weight excluding hydrogens is 462 g/mol. The van der Waals surface area contributed by atoms with Crippen molar-refractivity contribution in [3.8, 4) is 0 Å². The van der Waals surface area contributed by atoms with Gasteiger partial charge in [0.05, 0.1) is 6.54 Å². The number of halogens is 2. The summed E-state index contributed by atoms with van der Waals surface area (Å²) in [5.74, 6) is 2.25.